The molecule has 1 aliphatic rings. The summed E-state index contributed by atoms with van der Waals surface area (Å²) in [5.41, 5.74) is 2.53. The van der Waals surface area contributed by atoms with Gasteiger partial charge in [0.25, 0.3) is 0 Å². The molecule has 1 fully saturated rings. The van der Waals surface area contributed by atoms with Crippen molar-refractivity contribution in [1.82, 2.24) is 0 Å². The number of nitrogens with one attached hydrogen (secondary N) is 1. The molecule has 1 aromatic carbocycles. The molecule has 2 atom stereocenters. The van der Waals surface area contributed by atoms with Crippen molar-refractivity contribution >= 4 is 17.4 Å². The summed E-state index contributed by atoms with van der Waals surface area (Å²) < 4.78 is 36.6. The zero-order chi connectivity index (χ0) is 13.9. The fourth-order valence-corrected chi connectivity index (χ4v) is 2.89. The molecule has 0 spiro atoms. The lowest BCUT2D eigenvalue weighted by molar-refractivity contribution is -0.0328. The van der Waals surface area contributed by atoms with Gasteiger partial charge in [-0.15, -0.1) is 0 Å². The largest absolute Gasteiger partial charge is 0.446 e. The molecule has 0 heterocycles. The minimum atomic E-state index is -4.23. The molecular formula is C13H17F3N2S. The normalized spacial score (nSPS) is 24.2. The number of alkyl halides is 3. The third-order valence-electron chi connectivity index (χ3n) is 3.17. The van der Waals surface area contributed by atoms with Gasteiger partial charge >= 0.3 is 5.51 Å². The summed E-state index contributed by atoms with van der Waals surface area (Å²) in [6.45, 7) is 0. The van der Waals surface area contributed by atoms with Gasteiger partial charge in [-0.25, -0.2) is 0 Å². The third kappa shape index (κ3) is 4.95. The third-order valence-corrected chi connectivity index (χ3v) is 3.91. The second kappa shape index (κ2) is 6.05. The summed E-state index contributed by atoms with van der Waals surface area (Å²) in [7, 11) is 0. The Balaban J connectivity index is 1.91. The van der Waals surface area contributed by atoms with Crippen molar-refractivity contribution in [1.29, 1.82) is 0 Å². The van der Waals surface area contributed by atoms with E-state index in [2.05, 4.69) is 5.32 Å². The average Bonchev–Trinajstić information content (AvgIpc) is 2.30. The van der Waals surface area contributed by atoms with E-state index in [4.69, 9.17) is 5.73 Å². The van der Waals surface area contributed by atoms with Crippen LogP contribution in [-0.2, 0) is 0 Å². The number of anilines is 1. The van der Waals surface area contributed by atoms with Crippen LogP contribution < -0.4 is 11.1 Å². The van der Waals surface area contributed by atoms with Crippen molar-refractivity contribution in [3.63, 3.8) is 0 Å². The first-order valence-corrected chi connectivity index (χ1v) is 7.12. The van der Waals surface area contributed by atoms with E-state index in [1.54, 1.807) is 12.1 Å². The maximum Gasteiger partial charge on any atom is 0.446 e. The van der Waals surface area contributed by atoms with Crippen LogP contribution in [0.1, 0.15) is 25.7 Å². The van der Waals surface area contributed by atoms with Gasteiger partial charge in [0.2, 0.25) is 0 Å². The summed E-state index contributed by atoms with van der Waals surface area (Å²) in [4.78, 5) is 0.207. The Labute approximate surface area is 114 Å². The molecule has 0 saturated heterocycles. The Morgan fingerprint density at radius 1 is 1.16 bits per heavy atom. The topological polar surface area (TPSA) is 38.0 Å². The fourth-order valence-electron chi connectivity index (χ4n) is 2.35. The van der Waals surface area contributed by atoms with Gasteiger partial charge < -0.3 is 11.1 Å². The molecule has 2 rings (SSSR count). The first-order valence-electron chi connectivity index (χ1n) is 6.30. The van der Waals surface area contributed by atoms with Gasteiger partial charge in [-0.05, 0) is 61.7 Å². The van der Waals surface area contributed by atoms with Gasteiger partial charge in [0.1, 0.15) is 0 Å². The van der Waals surface area contributed by atoms with Gasteiger partial charge in [0.05, 0.1) is 0 Å². The van der Waals surface area contributed by atoms with Crippen LogP contribution in [0, 0.1) is 0 Å². The predicted octanol–water partition coefficient (Wildman–Crippen LogP) is 3.98. The molecule has 0 bridgehead atoms. The van der Waals surface area contributed by atoms with Crippen LogP contribution in [0.2, 0.25) is 0 Å². The Kier molecular flexibility index (Phi) is 4.62. The highest BCUT2D eigenvalue weighted by atomic mass is 32.2. The van der Waals surface area contributed by atoms with Crippen LogP contribution in [-0.4, -0.2) is 17.6 Å². The van der Waals surface area contributed by atoms with Gasteiger partial charge in [0.15, 0.2) is 0 Å². The Morgan fingerprint density at radius 3 is 2.42 bits per heavy atom. The fraction of sp³-hybridized carbons (Fsp3) is 0.538. The van der Waals surface area contributed by atoms with Crippen LogP contribution in [0.3, 0.4) is 0 Å². The quantitative estimate of drug-likeness (QED) is 0.827. The van der Waals surface area contributed by atoms with E-state index in [0.717, 1.165) is 31.4 Å². The van der Waals surface area contributed by atoms with E-state index in [1.165, 1.54) is 12.1 Å². The van der Waals surface area contributed by atoms with Crippen LogP contribution in [0.5, 0.6) is 0 Å². The van der Waals surface area contributed by atoms with Crippen molar-refractivity contribution in [3.8, 4) is 0 Å². The molecular weight excluding hydrogens is 273 g/mol. The maximum absolute atomic E-state index is 12.2. The van der Waals surface area contributed by atoms with Crippen molar-refractivity contribution in [2.24, 2.45) is 5.73 Å². The van der Waals surface area contributed by atoms with E-state index in [1.807, 2.05) is 0 Å². The van der Waals surface area contributed by atoms with Gasteiger partial charge in [-0.1, -0.05) is 0 Å². The van der Waals surface area contributed by atoms with Crippen molar-refractivity contribution in [2.45, 2.75) is 48.2 Å². The van der Waals surface area contributed by atoms with E-state index in [0.29, 0.717) is 6.04 Å². The smallest absolute Gasteiger partial charge is 0.382 e. The lowest BCUT2D eigenvalue weighted by atomic mass is 9.91. The molecule has 1 aromatic rings. The second-order valence-corrected chi connectivity index (χ2v) is 5.98. The lowest BCUT2D eigenvalue weighted by Crippen LogP contribution is -2.34. The Morgan fingerprint density at radius 2 is 1.84 bits per heavy atom. The Bertz CT molecular complexity index is 405. The molecule has 0 amide bonds. The molecule has 2 nitrogen and oxygen atoms in total. The standard InChI is InChI=1S/C13H17F3N2S/c14-13(15,16)19-12-6-4-10(5-7-12)18-11-3-1-2-9(17)8-11/h4-7,9,11,18H,1-3,8,17H2. The van der Waals surface area contributed by atoms with Crippen LogP contribution >= 0.6 is 11.8 Å². The maximum atomic E-state index is 12.2. The molecule has 19 heavy (non-hydrogen) atoms. The lowest BCUT2D eigenvalue weighted by Gasteiger charge is -2.28. The molecule has 6 heteroatoms. The highest BCUT2D eigenvalue weighted by molar-refractivity contribution is 8.00. The van der Waals surface area contributed by atoms with Crippen LogP contribution in [0.4, 0.5) is 18.9 Å². The van der Waals surface area contributed by atoms with E-state index in [9.17, 15) is 13.2 Å². The second-order valence-electron chi connectivity index (χ2n) is 4.84. The number of benzene rings is 1. The first-order chi connectivity index (χ1) is 8.92. The summed E-state index contributed by atoms with van der Waals surface area (Å²) in [6.07, 6.45) is 4.13. The minimum Gasteiger partial charge on any atom is -0.382 e. The summed E-state index contributed by atoms with van der Waals surface area (Å²) >= 11 is -0.0919. The van der Waals surface area contributed by atoms with Crippen molar-refractivity contribution in [2.75, 3.05) is 5.32 Å². The number of nitrogens with two attached hydrogens (primary N) is 1. The number of hydrogen-bond acceptors (Lipinski definition) is 3. The molecule has 2 unspecified atom stereocenters. The van der Waals surface area contributed by atoms with E-state index >= 15 is 0 Å². The average molecular weight is 290 g/mol. The van der Waals surface area contributed by atoms with Crippen molar-refractivity contribution in [3.05, 3.63) is 24.3 Å². The van der Waals surface area contributed by atoms with Crippen LogP contribution in [0.25, 0.3) is 0 Å². The molecule has 0 aliphatic heterocycles. The van der Waals surface area contributed by atoms with E-state index in [-0.39, 0.29) is 22.7 Å². The Hall–Kier alpha value is -0.880. The molecule has 106 valence electrons. The molecule has 0 radical (unpaired) electrons. The zero-order valence-electron chi connectivity index (χ0n) is 10.4. The number of halogens is 3. The zero-order valence-corrected chi connectivity index (χ0v) is 11.2. The molecule has 3 N–H and O–H groups in total. The SMILES string of the molecule is NC1CCCC(Nc2ccc(SC(F)(F)F)cc2)C1. The van der Waals surface area contributed by atoms with E-state index < -0.39 is 5.51 Å². The van der Waals surface area contributed by atoms with Gasteiger partial charge in [-0.3, -0.25) is 0 Å². The summed E-state index contributed by atoms with van der Waals surface area (Å²) in [5.74, 6) is 0. The summed E-state index contributed by atoms with van der Waals surface area (Å²) in [6, 6.07) is 6.91. The molecule has 1 aliphatic carbocycles. The predicted molar refractivity (Wildman–Crippen MR) is 72.2 cm³/mol. The molecule has 0 aromatic heterocycles. The number of rotatable bonds is 3. The highest BCUT2D eigenvalue weighted by Gasteiger charge is 2.29. The van der Waals surface area contributed by atoms with Crippen LogP contribution in [0.15, 0.2) is 29.2 Å². The van der Waals surface area contributed by atoms with Gasteiger partial charge in [-0.2, -0.15) is 13.2 Å². The molecule has 1 saturated carbocycles. The minimum absolute atomic E-state index is 0.0919. The number of hydrogen-bond donors (Lipinski definition) is 2. The monoisotopic (exact) mass is 290 g/mol. The summed E-state index contributed by atoms with van der Waals surface area (Å²) in [5, 5.41) is 3.33. The highest BCUT2D eigenvalue weighted by Crippen LogP contribution is 2.37. The number of thioether (sulfide) groups is 1. The van der Waals surface area contributed by atoms with Gasteiger partial charge in [0, 0.05) is 22.7 Å². The first kappa shape index (κ1) is 14.5. The van der Waals surface area contributed by atoms with Crippen molar-refractivity contribution < 1.29 is 13.2 Å².